The first-order valence-corrected chi connectivity index (χ1v) is 9.85. The van der Waals surface area contributed by atoms with Crippen LogP contribution in [-0.4, -0.2) is 58.7 Å². The van der Waals surface area contributed by atoms with Crippen LogP contribution in [-0.2, 0) is 10.3 Å². The number of hydrogen-bond donors (Lipinski definition) is 0. The number of likely N-dealkylation sites (tertiary alicyclic amines) is 1. The summed E-state index contributed by atoms with van der Waals surface area (Å²) >= 11 is 0. The highest BCUT2D eigenvalue weighted by Gasteiger charge is 2.50. The van der Waals surface area contributed by atoms with Crippen molar-refractivity contribution < 1.29 is 9.53 Å². The fourth-order valence-corrected chi connectivity index (χ4v) is 4.66. The van der Waals surface area contributed by atoms with Crippen LogP contribution >= 0.6 is 0 Å². The SMILES string of the molecule is COCCN1c2cccnc2-n2cccc2[C@]12CCN(C(=O)c1ccccn1)C2. The minimum Gasteiger partial charge on any atom is -0.383 e. The highest BCUT2D eigenvalue weighted by Crippen LogP contribution is 2.46. The number of fused-ring (bicyclic) bond motifs is 4. The number of anilines is 1. The van der Waals surface area contributed by atoms with Gasteiger partial charge in [0.2, 0.25) is 0 Å². The van der Waals surface area contributed by atoms with Gasteiger partial charge < -0.3 is 19.1 Å². The second kappa shape index (κ2) is 7.00. The highest BCUT2D eigenvalue weighted by atomic mass is 16.5. The fraction of sp³-hybridized carbons (Fsp3) is 0.318. The standard InChI is InChI=1S/C22H23N5O2/c1-29-15-14-27-18-7-4-11-24-20(18)26-12-5-8-19(26)22(27)9-13-25(16-22)21(28)17-6-2-3-10-23-17/h2-8,10-12H,9,13-16H2,1H3/t22-/m1/s1. The van der Waals surface area contributed by atoms with Crippen LogP contribution in [0.2, 0.25) is 0 Å². The summed E-state index contributed by atoms with van der Waals surface area (Å²) in [5, 5.41) is 0. The van der Waals surface area contributed by atoms with Crippen molar-refractivity contribution in [2.45, 2.75) is 12.0 Å². The largest absolute Gasteiger partial charge is 0.383 e. The molecule has 1 saturated heterocycles. The van der Waals surface area contributed by atoms with Gasteiger partial charge in [0.25, 0.3) is 5.91 Å². The van der Waals surface area contributed by atoms with Crippen molar-refractivity contribution in [1.82, 2.24) is 19.4 Å². The number of ether oxygens (including phenoxy) is 1. The molecule has 0 aromatic carbocycles. The lowest BCUT2D eigenvalue weighted by atomic mass is 9.89. The maximum Gasteiger partial charge on any atom is 0.272 e. The lowest BCUT2D eigenvalue weighted by Crippen LogP contribution is -2.53. The van der Waals surface area contributed by atoms with E-state index in [0.717, 1.165) is 30.2 Å². The van der Waals surface area contributed by atoms with Gasteiger partial charge in [0.05, 0.1) is 18.0 Å². The smallest absolute Gasteiger partial charge is 0.272 e. The van der Waals surface area contributed by atoms with E-state index in [1.165, 1.54) is 0 Å². The molecule has 3 aromatic rings. The first-order valence-electron chi connectivity index (χ1n) is 9.85. The number of rotatable bonds is 4. The van der Waals surface area contributed by atoms with Gasteiger partial charge >= 0.3 is 0 Å². The van der Waals surface area contributed by atoms with E-state index in [4.69, 9.17) is 4.74 Å². The average Bonchev–Trinajstić information content (AvgIpc) is 3.43. The van der Waals surface area contributed by atoms with Crippen LogP contribution in [0.1, 0.15) is 22.6 Å². The van der Waals surface area contributed by atoms with Crippen molar-refractivity contribution in [3.63, 3.8) is 0 Å². The number of carbonyl (C=O) groups excluding carboxylic acids is 1. The van der Waals surface area contributed by atoms with Crippen LogP contribution in [0, 0.1) is 0 Å². The molecule has 2 aliphatic rings. The van der Waals surface area contributed by atoms with Crippen molar-refractivity contribution in [2.75, 3.05) is 38.3 Å². The molecule has 0 unspecified atom stereocenters. The summed E-state index contributed by atoms with van der Waals surface area (Å²) in [6.45, 7) is 2.61. The summed E-state index contributed by atoms with van der Waals surface area (Å²) in [7, 11) is 1.72. The van der Waals surface area contributed by atoms with Gasteiger partial charge in [-0.15, -0.1) is 0 Å². The molecule has 5 heterocycles. The molecule has 0 radical (unpaired) electrons. The normalized spacial score (nSPS) is 20.0. The maximum atomic E-state index is 13.1. The van der Waals surface area contributed by atoms with Gasteiger partial charge in [0.15, 0.2) is 5.82 Å². The zero-order valence-corrected chi connectivity index (χ0v) is 16.4. The van der Waals surface area contributed by atoms with Crippen molar-refractivity contribution >= 4 is 11.6 Å². The van der Waals surface area contributed by atoms with Crippen LogP contribution in [0.4, 0.5) is 5.69 Å². The number of methoxy groups -OCH3 is 1. The Balaban J connectivity index is 1.57. The number of hydrogen-bond acceptors (Lipinski definition) is 5. The van der Waals surface area contributed by atoms with Crippen LogP contribution in [0.5, 0.6) is 0 Å². The Morgan fingerprint density at radius 2 is 2.03 bits per heavy atom. The Hall–Kier alpha value is -3.19. The Kier molecular flexibility index (Phi) is 4.32. The molecule has 148 valence electrons. The molecule has 7 nitrogen and oxygen atoms in total. The zero-order valence-electron chi connectivity index (χ0n) is 16.4. The number of aromatic nitrogens is 3. The number of pyridine rings is 2. The molecule has 1 atom stereocenters. The van der Waals surface area contributed by atoms with Crippen molar-refractivity contribution in [3.05, 3.63) is 72.4 Å². The van der Waals surface area contributed by atoms with Gasteiger partial charge in [-0.1, -0.05) is 6.07 Å². The highest BCUT2D eigenvalue weighted by molar-refractivity contribution is 5.92. The van der Waals surface area contributed by atoms with Gasteiger partial charge in [0, 0.05) is 45.3 Å². The predicted molar refractivity (Wildman–Crippen MR) is 109 cm³/mol. The van der Waals surface area contributed by atoms with Crippen LogP contribution in [0.15, 0.2) is 61.1 Å². The Morgan fingerprint density at radius 3 is 2.86 bits per heavy atom. The van der Waals surface area contributed by atoms with E-state index >= 15 is 0 Å². The monoisotopic (exact) mass is 389 g/mol. The molecule has 3 aromatic heterocycles. The molecule has 0 bridgehead atoms. The third kappa shape index (κ3) is 2.73. The first kappa shape index (κ1) is 17.9. The van der Waals surface area contributed by atoms with Crippen LogP contribution < -0.4 is 4.90 Å². The molecular weight excluding hydrogens is 366 g/mol. The fourth-order valence-electron chi connectivity index (χ4n) is 4.66. The summed E-state index contributed by atoms with van der Waals surface area (Å²) < 4.78 is 7.58. The third-order valence-corrected chi connectivity index (χ3v) is 5.97. The Bertz CT molecular complexity index is 1030. The van der Waals surface area contributed by atoms with E-state index < -0.39 is 0 Å². The molecule has 1 fully saturated rings. The molecule has 29 heavy (non-hydrogen) atoms. The molecule has 1 amide bonds. The summed E-state index contributed by atoms with van der Waals surface area (Å²) in [5.41, 5.74) is 2.40. The van der Waals surface area contributed by atoms with E-state index in [1.54, 1.807) is 19.4 Å². The van der Waals surface area contributed by atoms with E-state index in [2.05, 4.69) is 43.8 Å². The van der Waals surface area contributed by atoms with Gasteiger partial charge in [-0.2, -0.15) is 0 Å². The Morgan fingerprint density at radius 1 is 1.14 bits per heavy atom. The molecule has 1 spiro atoms. The summed E-state index contributed by atoms with van der Waals surface area (Å²) in [6.07, 6.45) is 6.38. The molecule has 0 N–H and O–H groups in total. The lowest BCUT2D eigenvalue weighted by molar-refractivity contribution is 0.0775. The molecule has 2 aliphatic heterocycles. The molecule has 5 rings (SSSR count). The average molecular weight is 389 g/mol. The second-order valence-electron chi connectivity index (χ2n) is 7.48. The van der Waals surface area contributed by atoms with E-state index in [-0.39, 0.29) is 11.4 Å². The Labute approximate surface area is 169 Å². The molecule has 0 aliphatic carbocycles. The van der Waals surface area contributed by atoms with Crippen molar-refractivity contribution in [2.24, 2.45) is 0 Å². The minimum atomic E-state index is -0.317. The van der Waals surface area contributed by atoms with E-state index in [1.807, 2.05) is 29.3 Å². The second-order valence-corrected chi connectivity index (χ2v) is 7.48. The van der Waals surface area contributed by atoms with Gasteiger partial charge in [-0.05, 0) is 42.8 Å². The third-order valence-electron chi connectivity index (χ3n) is 5.97. The summed E-state index contributed by atoms with van der Waals surface area (Å²) in [5.74, 6) is 0.896. The van der Waals surface area contributed by atoms with Crippen molar-refractivity contribution in [3.8, 4) is 5.82 Å². The molecular formula is C22H23N5O2. The predicted octanol–water partition coefficient (Wildman–Crippen LogP) is 2.48. The first-order chi connectivity index (χ1) is 14.2. The number of carbonyl (C=O) groups is 1. The zero-order chi connectivity index (χ0) is 19.8. The van der Waals surface area contributed by atoms with Crippen LogP contribution in [0.25, 0.3) is 5.82 Å². The quantitative estimate of drug-likeness (QED) is 0.686. The van der Waals surface area contributed by atoms with E-state index in [0.29, 0.717) is 25.4 Å². The van der Waals surface area contributed by atoms with Crippen LogP contribution in [0.3, 0.4) is 0 Å². The van der Waals surface area contributed by atoms with Gasteiger partial charge in [-0.25, -0.2) is 4.98 Å². The van der Waals surface area contributed by atoms with E-state index in [9.17, 15) is 4.79 Å². The van der Waals surface area contributed by atoms with Gasteiger partial charge in [-0.3, -0.25) is 9.78 Å². The maximum absolute atomic E-state index is 13.1. The van der Waals surface area contributed by atoms with Crippen molar-refractivity contribution in [1.29, 1.82) is 0 Å². The summed E-state index contributed by atoms with van der Waals surface area (Å²) in [4.78, 5) is 26.3. The number of nitrogens with zero attached hydrogens (tertiary/aromatic N) is 5. The molecule has 7 heteroatoms. The summed E-state index contributed by atoms with van der Waals surface area (Å²) in [6, 6.07) is 13.7. The topological polar surface area (TPSA) is 63.5 Å². The van der Waals surface area contributed by atoms with Gasteiger partial charge in [0.1, 0.15) is 11.2 Å². The lowest BCUT2D eigenvalue weighted by Gasteiger charge is -2.47. The number of amides is 1. The minimum absolute atomic E-state index is 0.0238. The molecule has 0 saturated carbocycles.